The van der Waals surface area contributed by atoms with Crippen molar-refractivity contribution in [3.63, 3.8) is 0 Å². The standard InChI is InChI=1S/C17H14F3N3O3S/c1-23(16(24)11-5-3-2-4-6-11)10-15-21-13-8-7-12(9-14(13)22-15)27(25,26)17(18,19)20/h2-9H,10H2,1H3,(H,21,22). The van der Waals surface area contributed by atoms with E-state index < -0.39 is 20.2 Å². The van der Waals surface area contributed by atoms with Crippen LogP contribution >= 0.6 is 0 Å². The number of carbonyl (C=O) groups excluding carboxylic acids is 1. The number of halogens is 3. The summed E-state index contributed by atoms with van der Waals surface area (Å²) in [5.74, 6) is 0.0646. The molecule has 10 heteroatoms. The highest BCUT2D eigenvalue weighted by Gasteiger charge is 2.46. The maximum Gasteiger partial charge on any atom is 0.501 e. The van der Waals surface area contributed by atoms with Crippen molar-refractivity contribution in [3.05, 3.63) is 59.9 Å². The smallest absolute Gasteiger partial charge is 0.340 e. The minimum atomic E-state index is -5.44. The van der Waals surface area contributed by atoms with Gasteiger partial charge in [0.2, 0.25) is 0 Å². The molecule has 1 N–H and O–H groups in total. The second-order valence-corrected chi connectivity index (χ2v) is 7.78. The molecule has 0 fully saturated rings. The highest BCUT2D eigenvalue weighted by atomic mass is 32.2. The lowest BCUT2D eigenvalue weighted by molar-refractivity contribution is -0.0435. The largest absolute Gasteiger partial charge is 0.501 e. The van der Waals surface area contributed by atoms with E-state index in [2.05, 4.69) is 9.97 Å². The van der Waals surface area contributed by atoms with Crippen molar-refractivity contribution in [2.45, 2.75) is 16.9 Å². The molecule has 0 saturated heterocycles. The van der Waals surface area contributed by atoms with Gasteiger partial charge in [0.25, 0.3) is 15.7 Å². The number of benzene rings is 2. The van der Waals surface area contributed by atoms with Crippen molar-refractivity contribution >= 4 is 26.8 Å². The number of hydrogen-bond acceptors (Lipinski definition) is 4. The Kier molecular flexibility index (Phi) is 4.68. The quantitative estimate of drug-likeness (QED) is 0.733. The minimum absolute atomic E-state index is 0.0732. The number of alkyl halides is 3. The number of imidazole rings is 1. The first-order valence-corrected chi connectivity index (χ1v) is 9.18. The Labute approximate surface area is 152 Å². The molecule has 3 rings (SSSR count). The molecule has 0 atom stereocenters. The molecule has 0 aliphatic rings. The normalized spacial score (nSPS) is 12.3. The molecule has 1 aromatic heterocycles. The Bertz CT molecular complexity index is 1090. The molecule has 0 spiro atoms. The van der Waals surface area contributed by atoms with Gasteiger partial charge in [0, 0.05) is 12.6 Å². The third-order valence-corrected chi connectivity index (χ3v) is 5.36. The zero-order chi connectivity index (χ0) is 19.8. The fourth-order valence-electron chi connectivity index (χ4n) is 2.51. The molecule has 0 radical (unpaired) electrons. The van der Waals surface area contributed by atoms with Crippen molar-refractivity contribution < 1.29 is 26.4 Å². The Morgan fingerprint density at radius 3 is 2.44 bits per heavy atom. The monoisotopic (exact) mass is 397 g/mol. The highest BCUT2D eigenvalue weighted by Crippen LogP contribution is 2.31. The van der Waals surface area contributed by atoms with Crippen LogP contribution < -0.4 is 0 Å². The predicted octanol–water partition coefficient (Wildman–Crippen LogP) is 3.13. The number of hydrogen-bond donors (Lipinski definition) is 1. The summed E-state index contributed by atoms with van der Waals surface area (Å²) in [4.78, 5) is 19.8. The molecule has 0 bridgehead atoms. The van der Waals surface area contributed by atoms with E-state index in [1.807, 2.05) is 0 Å². The van der Waals surface area contributed by atoms with Gasteiger partial charge in [0.1, 0.15) is 5.82 Å². The first-order valence-electron chi connectivity index (χ1n) is 7.70. The minimum Gasteiger partial charge on any atom is -0.340 e. The first kappa shape index (κ1) is 18.9. The molecule has 2 aromatic carbocycles. The van der Waals surface area contributed by atoms with Crippen molar-refractivity contribution in [1.29, 1.82) is 0 Å². The second-order valence-electron chi connectivity index (χ2n) is 5.84. The maximum atomic E-state index is 12.7. The Hall–Kier alpha value is -2.88. The van der Waals surface area contributed by atoms with Gasteiger partial charge in [-0.2, -0.15) is 13.2 Å². The van der Waals surface area contributed by atoms with Crippen LogP contribution in [-0.4, -0.2) is 41.7 Å². The van der Waals surface area contributed by atoms with Gasteiger partial charge in [0.15, 0.2) is 0 Å². The number of H-pyrrole nitrogens is 1. The Morgan fingerprint density at radius 1 is 1.15 bits per heavy atom. The molecule has 0 unspecified atom stereocenters. The molecule has 27 heavy (non-hydrogen) atoms. The van der Waals surface area contributed by atoms with Crippen molar-refractivity contribution in [2.24, 2.45) is 0 Å². The zero-order valence-corrected chi connectivity index (χ0v) is 14.8. The summed E-state index contributed by atoms with van der Waals surface area (Å²) in [5, 5.41) is 0. The van der Waals surface area contributed by atoms with E-state index in [9.17, 15) is 26.4 Å². The zero-order valence-electron chi connectivity index (χ0n) is 14.0. The number of rotatable bonds is 4. The van der Waals surface area contributed by atoms with Gasteiger partial charge in [-0.05, 0) is 30.3 Å². The summed E-state index contributed by atoms with van der Waals surface area (Å²) in [6.45, 7) is 0.0732. The van der Waals surface area contributed by atoms with E-state index in [1.54, 1.807) is 37.4 Å². The lowest BCUT2D eigenvalue weighted by Gasteiger charge is -2.15. The van der Waals surface area contributed by atoms with E-state index in [0.29, 0.717) is 16.9 Å². The number of nitrogens with zero attached hydrogens (tertiary/aromatic N) is 2. The van der Waals surface area contributed by atoms with Crippen molar-refractivity contribution in [1.82, 2.24) is 14.9 Å². The van der Waals surface area contributed by atoms with E-state index >= 15 is 0 Å². The lowest BCUT2D eigenvalue weighted by Crippen LogP contribution is -2.26. The average molecular weight is 397 g/mol. The molecule has 0 saturated carbocycles. The van der Waals surface area contributed by atoms with Crippen LogP contribution in [0.2, 0.25) is 0 Å². The van der Waals surface area contributed by atoms with Gasteiger partial charge in [-0.25, -0.2) is 13.4 Å². The molecule has 6 nitrogen and oxygen atoms in total. The number of fused-ring (bicyclic) bond motifs is 1. The fraction of sp³-hybridized carbons (Fsp3) is 0.176. The summed E-state index contributed by atoms with van der Waals surface area (Å²) in [6.07, 6.45) is 0. The number of amides is 1. The van der Waals surface area contributed by atoms with Crippen LogP contribution in [-0.2, 0) is 16.4 Å². The SMILES string of the molecule is CN(Cc1nc2ccc(S(=O)(=O)C(F)(F)F)cc2[nH]1)C(=O)c1ccccc1. The van der Waals surface area contributed by atoms with E-state index in [1.165, 1.54) is 11.0 Å². The van der Waals surface area contributed by atoms with Crippen LogP contribution in [0.3, 0.4) is 0 Å². The molecule has 0 aliphatic heterocycles. The summed E-state index contributed by atoms with van der Waals surface area (Å²) < 4.78 is 61.1. The number of aromatic nitrogens is 2. The number of nitrogens with one attached hydrogen (secondary N) is 1. The highest BCUT2D eigenvalue weighted by molar-refractivity contribution is 7.92. The van der Waals surface area contributed by atoms with Gasteiger partial charge < -0.3 is 9.88 Å². The van der Waals surface area contributed by atoms with E-state index in [4.69, 9.17) is 0 Å². The molecular formula is C17H14F3N3O3S. The van der Waals surface area contributed by atoms with E-state index in [0.717, 1.165) is 12.1 Å². The summed E-state index contributed by atoms with van der Waals surface area (Å²) in [5.41, 5.74) is -4.47. The molecular weight excluding hydrogens is 383 g/mol. The molecule has 1 heterocycles. The van der Waals surface area contributed by atoms with Crippen LogP contribution in [0.5, 0.6) is 0 Å². The Balaban J connectivity index is 1.86. The lowest BCUT2D eigenvalue weighted by atomic mass is 10.2. The number of aromatic amines is 1. The summed E-state index contributed by atoms with van der Waals surface area (Å²) in [7, 11) is -3.89. The summed E-state index contributed by atoms with van der Waals surface area (Å²) in [6, 6.07) is 11.5. The molecule has 142 valence electrons. The third-order valence-electron chi connectivity index (χ3n) is 3.87. The van der Waals surface area contributed by atoms with Gasteiger partial charge in [-0.1, -0.05) is 18.2 Å². The van der Waals surface area contributed by atoms with Gasteiger partial charge in [-0.3, -0.25) is 4.79 Å². The molecule has 1 amide bonds. The van der Waals surface area contributed by atoms with Gasteiger partial charge in [-0.15, -0.1) is 0 Å². The molecule has 3 aromatic rings. The van der Waals surface area contributed by atoms with E-state index in [-0.39, 0.29) is 18.0 Å². The van der Waals surface area contributed by atoms with Gasteiger partial charge in [0.05, 0.1) is 22.5 Å². The van der Waals surface area contributed by atoms with Crippen LogP contribution in [0, 0.1) is 0 Å². The fourth-order valence-corrected chi connectivity index (χ4v) is 3.30. The maximum absolute atomic E-state index is 12.7. The van der Waals surface area contributed by atoms with Gasteiger partial charge >= 0.3 is 5.51 Å². The predicted molar refractivity (Wildman–Crippen MR) is 91.6 cm³/mol. The van der Waals surface area contributed by atoms with Crippen LogP contribution in [0.25, 0.3) is 11.0 Å². The van der Waals surface area contributed by atoms with Crippen LogP contribution in [0.1, 0.15) is 16.2 Å². The average Bonchev–Trinajstić information content (AvgIpc) is 3.02. The third kappa shape index (κ3) is 3.65. The Morgan fingerprint density at radius 2 is 1.81 bits per heavy atom. The van der Waals surface area contributed by atoms with Crippen LogP contribution in [0.15, 0.2) is 53.4 Å². The van der Waals surface area contributed by atoms with Crippen molar-refractivity contribution in [3.8, 4) is 0 Å². The topological polar surface area (TPSA) is 83.1 Å². The number of carbonyl (C=O) groups is 1. The van der Waals surface area contributed by atoms with Crippen molar-refractivity contribution in [2.75, 3.05) is 7.05 Å². The van der Waals surface area contributed by atoms with Crippen LogP contribution in [0.4, 0.5) is 13.2 Å². The summed E-state index contributed by atoms with van der Waals surface area (Å²) >= 11 is 0. The molecule has 0 aliphatic carbocycles. The first-order chi connectivity index (χ1) is 12.6. The second kappa shape index (κ2) is 6.69. The number of sulfone groups is 1.